The van der Waals surface area contributed by atoms with E-state index in [1.54, 1.807) is 18.2 Å². The lowest BCUT2D eigenvalue weighted by molar-refractivity contribution is 0.278. The molecule has 0 atom stereocenters. The molecule has 0 unspecified atom stereocenters. The predicted octanol–water partition coefficient (Wildman–Crippen LogP) is 0.892. The molecule has 0 fully saturated rings. The largest absolute Gasteiger partial charge is 0.493 e. The van der Waals surface area contributed by atoms with E-state index in [1.807, 2.05) is 0 Å². The highest BCUT2D eigenvalue weighted by Gasteiger charge is 2.05. The van der Waals surface area contributed by atoms with Crippen molar-refractivity contribution in [3.05, 3.63) is 23.8 Å². The van der Waals surface area contributed by atoms with Crippen LogP contribution in [0.1, 0.15) is 12.0 Å². The number of nitrogens with two attached hydrogens (primary N) is 1. The number of aliphatic hydroxyl groups is 1. The zero-order valence-corrected chi connectivity index (χ0v) is 9.19. The van der Waals surface area contributed by atoms with E-state index in [0.717, 1.165) is 5.56 Å². The number of benzene rings is 1. The van der Waals surface area contributed by atoms with Gasteiger partial charge >= 0.3 is 0 Å². The van der Waals surface area contributed by atoms with Gasteiger partial charge in [0.05, 0.1) is 26.2 Å². The first-order valence-corrected chi connectivity index (χ1v) is 4.91. The summed E-state index contributed by atoms with van der Waals surface area (Å²) < 4.78 is 10.5. The smallest absolute Gasteiger partial charge is 0.161 e. The number of hydrogen-bond donors (Lipinski definition) is 3. The minimum atomic E-state index is -0.0376. The molecule has 0 heterocycles. The number of methoxy groups -OCH3 is 1. The van der Waals surface area contributed by atoms with Gasteiger partial charge in [0.15, 0.2) is 11.5 Å². The van der Waals surface area contributed by atoms with Gasteiger partial charge in [0.1, 0.15) is 0 Å². The molecule has 88 valence electrons. The molecule has 0 aliphatic heterocycles. The third-order valence-electron chi connectivity index (χ3n) is 2.04. The van der Waals surface area contributed by atoms with Crippen LogP contribution in [0.25, 0.3) is 0 Å². The van der Waals surface area contributed by atoms with E-state index in [1.165, 1.54) is 7.11 Å². The fraction of sp³-hybridized carbons (Fsp3) is 0.364. The van der Waals surface area contributed by atoms with Gasteiger partial charge in [-0.15, -0.1) is 0 Å². The van der Waals surface area contributed by atoms with E-state index in [2.05, 4.69) is 0 Å². The fourth-order valence-corrected chi connectivity index (χ4v) is 1.20. The number of amidine groups is 1. The molecule has 0 aliphatic rings. The number of hydrogen-bond acceptors (Lipinski definition) is 4. The molecule has 0 aromatic heterocycles. The Kier molecular flexibility index (Phi) is 4.60. The fourth-order valence-electron chi connectivity index (χ4n) is 1.20. The molecular formula is C11H16N2O3. The van der Waals surface area contributed by atoms with Gasteiger partial charge in [-0.25, -0.2) is 0 Å². The minimum absolute atomic E-state index is 0.0376. The van der Waals surface area contributed by atoms with Crippen LogP contribution in [-0.2, 0) is 6.61 Å². The molecule has 0 spiro atoms. The van der Waals surface area contributed by atoms with Gasteiger partial charge < -0.3 is 20.3 Å². The first kappa shape index (κ1) is 12.3. The van der Waals surface area contributed by atoms with Crippen molar-refractivity contribution in [2.45, 2.75) is 13.0 Å². The molecule has 0 amide bonds. The average molecular weight is 224 g/mol. The Morgan fingerprint density at radius 3 is 2.75 bits per heavy atom. The van der Waals surface area contributed by atoms with Gasteiger partial charge in [0.2, 0.25) is 0 Å². The first-order valence-electron chi connectivity index (χ1n) is 4.91. The SMILES string of the molecule is COc1cc(CO)ccc1OCCC(=N)N. The Morgan fingerprint density at radius 2 is 2.19 bits per heavy atom. The van der Waals surface area contributed by atoms with Crippen molar-refractivity contribution in [3.63, 3.8) is 0 Å². The summed E-state index contributed by atoms with van der Waals surface area (Å²) in [6.45, 7) is 0.300. The standard InChI is InChI=1S/C11H16N2O3/c1-15-10-6-8(7-14)2-3-9(10)16-5-4-11(12)13/h2-3,6,14H,4-5,7H2,1H3,(H3,12,13). The molecule has 0 radical (unpaired) electrons. The van der Waals surface area contributed by atoms with Crippen molar-refractivity contribution in [2.75, 3.05) is 13.7 Å². The van der Waals surface area contributed by atoms with Gasteiger partial charge in [-0.3, -0.25) is 5.41 Å². The Morgan fingerprint density at radius 1 is 1.44 bits per heavy atom. The normalized spacial score (nSPS) is 9.88. The third-order valence-corrected chi connectivity index (χ3v) is 2.04. The van der Waals surface area contributed by atoms with E-state index in [0.29, 0.717) is 24.5 Å². The number of ether oxygens (including phenoxy) is 2. The van der Waals surface area contributed by atoms with Crippen LogP contribution in [0.4, 0.5) is 0 Å². The summed E-state index contributed by atoms with van der Waals surface area (Å²) in [5, 5.41) is 16.0. The van der Waals surface area contributed by atoms with Crippen LogP contribution < -0.4 is 15.2 Å². The number of rotatable bonds is 6. The zero-order chi connectivity index (χ0) is 12.0. The van der Waals surface area contributed by atoms with Crippen LogP contribution >= 0.6 is 0 Å². The lowest BCUT2D eigenvalue weighted by atomic mass is 10.2. The van der Waals surface area contributed by atoms with Gasteiger partial charge in [-0.05, 0) is 17.7 Å². The second-order valence-corrected chi connectivity index (χ2v) is 3.27. The molecule has 4 N–H and O–H groups in total. The van der Waals surface area contributed by atoms with Crippen molar-refractivity contribution < 1.29 is 14.6 Å². The lowest BCUT2D eigenvalue weighted by Gasteiger charge is -2.11. The van der Waals surface area contributed by atoms with Crippen molar-refractivity contribution in [2.24, 2.45) is 5.73 Å². The Bertz CT molecular complexity index is 366. The summed E-state index contributed by atoms with van der Waals surface area (Å²) in [5.74, 6) is 1.24. The van der Waals surface area contributed by atoms with Crippen LogP contribution in [0.5, 0.6) is 11.5 Å². The molecule has 1 rings (SSSR count). The molecule has 0 aliphatic carbocycles. The molecule has 5 heteroatoms. The summed E-state index contributed by atoms with van der Waals surface area (Å²) in [6.07, 6.45) is 0.380. The third kappa shape index (κ3) is 3.43. The zero-order valence-electron chi connectivity index (χ0n) is 9.19. The summed E-state index contributed by atoms with van der Waals surface area (Å²) in [4.78, 5) is 0. The Labute approximate surface area is 94.3 Å². The maximum atomic E-state index is 8.96. The highest BCUT2D eigenvalue weighted by molar-refractivity contribution is 5.76. The molecular weight excluding hydrogens is 208 g/mol. The maximum Gasteiger partial charge on any atom is 0.161 e. The van der Waals surface area contributed by atoms with E-state index in [4.69, 9.17) is 25.7 Å². The van der Waals surface area contributed by atoms with Crippen LogP contribution in [0.3, 0.4) is 0 Å². The van der Waals surface area contributed by atoms with Crippen LogP contribution in [0.15, 0.2) is 18.2 Å². The molecule has 16 heavy (non-hydrogen) atoms. The summed E-state index contributed by atoms with van der Waals surface area (Å²) in [5.41, 5.74) is 5.97. The van der Waals surface area contributed by atoms with Gasteiger partial charge in [0.25, 0.3) is 0 Å². The summed E-state index contributed by atoms with van der Waals surface area (Å²) >= 11 is 0. The highest BCUT2D eigenvalue weighted by Crippen LogP contribution is 2.28. The van der Waals surface area contributed by atoms with Crippen molar-refractivity contribution in [3.8, 4) is 11.5 Å². The first-order chi connectivity index (χ1) is 7.67. The van der Waals surface area contributed by atoms with Gasteiger partial charge in [0, 0.05) is 6.42 Å². The molecule has 0 saturated carbocycles. The molecule has 0 saturated heterocycles. The second-order valence-electron chi connectivity index (χ2n) is 3.27. The Balaban J connectivity index is 2.68. The monoisotopic (exact) mass is 224 g/mol. The van der Waals surface area contributed by atoms with Crippen molar-refractivity contribution in [1.29, 1.82) is 5.41 Å². The topological polar surface area (TPSA) is 88.6 Å². The highest BCUT2D eigenvalue weighted by atomic mass is 16.5. The second kappa shape index (κ2) is 5.97. The van der Waals surface area contributed by atoms with E-state index in [9.17, 15) is 0 Å². The lowest BCUT2D eigenvalue weighted by Crippen LogP contribution is -2.14. The minimum Gasteiger partial charge on any atom is -0.493 e. The van der Waals surface area contributed by atoms with E-state index < -0.39 is 0 Å². The van der Waals surface area contributed by atoms with Crippen LogP contribution in [0, 0.1) is 5.41 Å². The average Bonchev–Trinajstić information content (AvgIpc) is 2.29. The van der Waals surface area contributed by atoms with Crippen molar-refractivity contribution in [1.82, 2.24) is 0 Å². The maximum absolute atomic E-state index is 8.96. The van der Waals surface area contributed by atoms with Crippen molar-refractivity contribution >= 4 is 5.84 Å². The van der Waals surface area contributed by atoms with E-state index in [-0.39, 0.29) is 12.4 Å². The summed E-state index contributed by atoms with van der Waals surface area (Å²) in [7, 11) is 1.54. The van der Waals surface area contributed by atoms with Crippen LogP contribution in [-0.4, -0.2) is 24.7 Å². The summed E-state index contributed by atoms with van der Waals surface area (Å²) in [6, 6.07) is 5.19. The molecule has 0 bridgehead atoms. The quantitative estimate of drug-likeness (QED) is 0.494. The number of nitrogens with one attached hydrogen (secondary N) is 1. The van der Waals surface area contributed by atoms with Gasteiger partial charge in [-0.2, -0.15) is 0 Å². The van der Waals surface area contributed by atoms with Gasteiger partial charge in [-0.1, -0.05) is 6.07 Å². The number of aliphatic hydroxyl groups excluding tert-OH is 1. The molecule has 1 aromatic rings. The Hall–Kier alpha value is -1.75. The van der Waals surface area contributed by atoms with Crippen LogP contribution in [0.2, 0.25) is 0 Å². The predicted molar refractivity (Wildman–Crippen MR) is 60.9 cm³/mol. The molecule has 5 nitrogen and oxygen atoms in total. The van der Waals surface area contributed by atoms with E-state index >= 15 is 0 Å². The molecule has 1 aromatic carbocycles.